The Bertz CT molecular complexity index is 1480. The van der Waals surface area contributed by atoms with E-state index in [0.29, 0.717) is 38.7 Å². The zero-order chi connectivity index (χ0) is 30.3. The van der Waals surface area contributed by atoms with Crippen LogP contribution in [0.3, 0.4) is 0 Å². The van der Waals surface area contributed by atoms with Crippen molar-refractivity contribution in [1.29, 1.82) is 5.26 Å². The highest BCUT2D eigenvalue weighted by Gasteiger charge is 2.45. The van der Waals surface area contributed by atoms with Crippen LogP contribution in [0.15, 0.2) is 30.6 Å². The minimum absolute atomic E-state index is 0.0623. The van der Waals surface area contributed by atoms with Crippen molar-refractivity contribution in [2.24, 2.45) is 0 Å². The first-order valence-electron chi connectivity index (χ1n) is 16.2. The van der Waals surface area contributed by atoms with Crippen molar-refractivity contribution < 1.29 is 18.7 Å². The molecule has 44 heavy (non-hydrogen) atoms. The average Bonchev–Trinajstić information content (AvgIpc) is 3.63. The van der Waals surface area contributed by atoms with E-state index in [9.17, 15) is 14.4 Å². The second kappa shape index (κ2) is 12.1. The molecule has 1 aromatic heterocycles. The minimum Gasteiger partial charge on any atom is -0.461 e. The number of nitrogens with zero attached hydrogens (tertiary/aromatic N) is 6. The van der Waals surface area contributed by atoms with Crippen molar-refractivity contribution in [3.63, 3.8) is 0 Å². The van der Waals surface area contributed by atoms with Gasteiger partial charge in [-0.25, -0.2) is 4.39 Å². The summed E-state index contributed by atoms with van der Waals surface area (Å²) in [5.41, 5.74) is 6.02. The number of aryl methyl sites for hydroxylation is 1. The molecule has 2 atom stereocenters. The fourth-order valence-corrected chi connectivity index (χ4v) is 8.28. The SMILES string of the molecule is C=C(F)C(=O)N1CCN(c2nc(OCC34CCCN3CCC4)nc3c2CO[C@H](c2cccc4c2CCCC4)C3)C[C@@H]1CC#N. The third kappa shape index (κ3) is 5.34. The van der Waals surface area contributed by atoms with E-state index < -0.39 is 17.8 Å². The van der Waals surface area contributed by atoms with Crippen molar-refractivity contribution in [3.8, 4) is 12.1 Å². The largest absolute Gasteiger partial charge is 0.461 e. The van der Waals surface area contributed by atoms with Gasteiger partial charge in [-0.15, -0.1) is 0 Å². The highest BCUT2D eigenvalue weighted by atomic mass is 19.1. The topological polar surface area (TPSA) is 94.8 Å². The summed E-state index contributed by atoms with van der Waals surface area (Å²) in [6, 6.07) is 8.65. The summed E-state index contributed by atoms with van der Waals surface area (Å²) < 4.78 is 26.9. The predicted molar refractivity (Wildman–Crippen MR) is 163 cm³/mol. The average molecular weight is 601 g/mol. The van der Waals surface area contributed by atoms with Gasteiger partial charge in [0.05, 0.1) is 42.5 Å². The van der Waals surface area contributed by atoms with E-state index in [1.807, 2.05) is 0 Å². The van der Waals surface area contributed by atoms with Crippen LogP contribution in [-0.2, 0) is 35.4 Å². The van der Waals surface area contributed by atoms with E-state index in [0.717, 1.165) is 55.8 Å². The lowest BCUT2D eigenvalue weighted by Crippen LogP contribution is -2.55. The first-order valence-corrected chi connectivity index (χ1v) is 16.2. The van der Waals surface area contributed by atoms with Crippen LogP contribution in [-0.4, -0.2) is 76.6 Å². The number of nitriles is 1. The number of halogens is 1. The normalized spacial score (nSPS) is 24.3. The van der Waals surface area contributed by atoms with Gasteiger partial charge in [0.15, 0.2) is 5.83 Å². The predicted octanol–water partition coefficient (Wildman–Crippen LogP) is 4.59. The van der Waals surface area contributed by atoms with Crippen LogP contribution in [0.2, 0.25) is 0 Å². The zero-order valence-electron chi connectivity index (χ0n) is 25.4. The first kappa shape index (κ1) is 29.2. The molecular formula is C34H41FN6O3. The molecule has 1 amide bonds. The third-order valence-electron chi connectivity index (χ3n) is 10.5. The highest BCUT2D eigenvalue weighted by Crippen LogP contribution is 2.41. The molecule has 0 unspecified atom stereocenters. The molecule has 7 rings (SSSR count). The minimum atomic E-state index is -1.01. The lowest BCUT2D eigenvalue weighted by Gasteiger charge is -2.42. The van der Waals surface area contributed by atoms with Crippen molar-refractivity contribution in [2.45, 2.75) is 88.5 Å². The van der Waals surface area contributed by atoms with E-state index in [-0.39, 0.29) is 24.6 Å². The van der Waals surface area contributed by atoms with Crippen LogP contribution in [0.4, 0.5) is 10.2 Å². The number of piperazine rings is 1. The van der Waals surface area contributed by atoms with Gasteiger partial charge >= 0.3 is 6.01 Å². The second-order valence-electron chi connectivity index (χ2n) is 13.0. The van der Waals surface area contributed by atoms with Crippen LogP contribution >= 0.6 is 0 Å². The van der Waals surface area contributed by atoms with E-state index in [4.69, 9.17) is 19.4 Å². The molecule has 232 valence electrons. The molecule has 0 saturated carbocycles. The maximum absolute atomic E-state index is 13.8. The van der Waals surface area contributed by atoms with E-state index in [2.05, 4.69) is 40.6 Å². The summed E-state index contributed by atoms with van der Waals surface area (Å²) in [5.74, 6) is -1.04. The summed E-state index contributed by atoms with van der Waals surface area (Å²) in [6.45, 7) is 7.42. The number of rotatable bonds is 7. The van der Waals surface area contributed by atoms with Crippen molar-refractivity contribution in [1.82, 2.24) is 19.8 Å². The van der Waals surface area contributed by atoms with Gasteiger partial charge in [-0.3, -0.25) is 9.69 Å². The lowest BCUT2D eigenvalue weighted by atomic mass is 9.85. The Morgan fingerprint density at radius 1 is 1.11 bits per heavy atom. The summed E-state index contributed by atoms with van der Waals surface area (Å²) in [5, 5.41) is 9.53. The Kier molecular flexibility index (Phi) is 8.02. The Labute approximate surface area is 258 Å². The maximum Gasteiger partial charge on any atom is 0.318 e. The molecule has 1 aliphatic carbocycles. The van der Waals surface area contributed by atoms with Crippen molar-refractivity contribution >= 4 is 11.7 Å². The Hall–Kier alpha value is -3.55. The fraction of sp³-hybridized carbons (Fsp3) is 0.588. The van der Waals surface area contributed by atoms with Gasteiger partial charge in [0, 0.05) is 31.6 Å². The van der Waals surface area contributed by atoms with Gasteiger partial charge in [0.25, 0.3) is 5.91 Å². The smallest absolute Gasteiger partial charge is 0.318 e. The van der Waals surface area contributed by atoms with E-state index in [1.54, 1.807) is 0 Å². The number of ether oxygens (including phenoxy) is 2. The number of carbonyl (C=O) groups is 1. The van der Waals surface area contributed by atoms with Gasteiger partial charge in [-0.05, 0) is 81.1 Å². The number of carbonyl (C=O) groups excluding carboxylic acids is 1. The third-order valence-corrected chi connectivity index (χ3v) is 10.5. The Morgan fingerprint density at radius 3 is 2.73 bits per heavy atom. The van der Waals surface area contributed by atoms with Crippen LogP contribution < -0.4 is 9.64 Å². The number of hydrogen-bond donors (Lipinski definition) is 0. The molecule has 5 heterocycles. The molecule has 5 aliphatic rings. The number of fused-ring (bicyclic) bond motifs is 3. The standard InChI is InChI=1S/C34H41FN6O3/c1-23(35)32(42)41-18-17-39(20-25(41)11-14-36)31-28-21-43-30(27-10-4-8-24-7-2-3-9-26(24)27)19-29(28)37-33(38-31)44-22-34-12-5-15-40(34)16-6-13-34/h4,8,10,25,30H,1-3,5-7,9,11-13,15-22H2/t25-,30-/m0/s1. The van der Waals surface area contributed by atoms with E-state index >= 15 is 0 Å². The van der Waals surface area contributed by atoms with Gasteiger partial charge in [0.1, 0.15) is 12.4 Å². The molecule has 0 radical (unpaired) electrons. The Balaban J connectivity index is 1.20. The molecule has 1 aromatic carbocycles. The van der Waals surface area contributed by atoms with Gasteiger partial charge in [-0.2, -0.15) is 15.2 Å². The fourth-order valence-electron chi connectivity index (χ4n) is 8.28. The maximum atomic E-state index is 13.8. The Morgan fingerprint density at radius 2 is 1.93 bits per heavy atom. The van der Waals surface area contributed by atoms with Crippen LogP contribution in [0.5, 0.6) is 6.01 Å². The van der Waals surface area contributed by atoms with E-state index in [1.165, 1.54) is 47.3 Å². The summed E-state index contributed by atoms with van der Waals surface area (Å²) in [4.78, 5) is 28.6. The molecule has 10 heteroatoms. The molecule has 3 fully saturated rings. The molecular weight excluding hydrogens is 559 g/mol. The number of aromatic nitrogens is 2. The number of benzene rings is 1. The molecule has 2 aromatic rings. The second-order valence-corrected chi connectivity index (χ2v) is 13.0. The summed E-state index contributed by atoms with van der Waals surface area (Å²) in [7, 11) is 0. The van der Waals surface area contributed by atoms with Crippen LogP contribution in [0, 0.1) is 11.3 Å². The zero-order valence-corrected chi connectivity index (χ0v) is 25.4. The summed E-state index contributed by atoms with van der Waals surface area (Å²) >= 11 is 0. The van der Waals surface area contributed by atoms with Crippen LogP contribution in [0.25, 0.3) is 0 Å². The molecule has 3 saturated heterocycles. The van der Waals surface area contributed by atoms with Crippen molar-refractivity contribution in [3.05, 3.63) is 58.6 Å². The molecule has 9 nitrogen and oxygen atoms in total. The molecule has 0 bridgehead atoms. The molecule has 4 aliphatic heterocycles. The van der Waals surface area contributed by atoms with Gasteiger partial charge < -0.3 is 19.3 Å². The highest BCUT2D eigenvalue weighted by molar-refractivity contribution is 5.91. The quantitative estimate of drug-likeness (QED) is 0.426. The van der Waals surface area contributed by atoms with Crippen molar-refractivity contribution in [2.75, 3.05) is 44.2 Å². The first-order chi connectivity index (χ1) is 21.5. The molecule has 0 spiro atoms. The van der Waals surface area contributed by atoms with Gasteiger partial charge in [0.2, 0.25) is 0 Å². The number of anilines is 1. The summed E-state index contributed by atoms with van der Waals surface area (Å²) in [6.07, 6.45) is 9.87. The monoisotopic (exact) mass is 600 g/mol. The lowest BCUT2D eigenvalue weighted by molar-refractivity contribution is -0.131. The molecule has 0 N–H and O–H groups in total. The van der Waals surface area contributed by atoms with Gasteiger partial charge in [-0.1, -0.05) is 24.8 Å². The number of hydrogen-bond acceptors (Lipinski definition) is 8. The van der Waals surface area contributed by atoms with Crippen LogP contribution in [0.1, 0.15) is 79.0 Å². The number of amides is 1.